The Hall–Kier alpha value is -2.69. The van der Waals surface area contributed by atoms with E-state index in [1.165, 1.54) is 12.5 Å². The summed E-state index contributed by atoms with van der Waals surface area (Å²) >= 11 is 0. The molecule has 0 spiro atoms. The summed E-state index contributed by atoms with van der Waals surface area (Å²) in [4.78, 5) is 15.9. The number of nitrogens with one attached hydrogen (secondary N) is 1. The Morgan fingerprint density at radius 1 is 1.24 bits per heavy atom. The number of nitrogens with zero attached hydrogens (tertiary/aromatic N) is 1. The third-order valence-electron chi connectivity index (χ3n) is 3.19. The second kappa shape index (κ2) is 5.75. The van der Waals surface area contributed by atoms with Crippen molar-refractivity contribution in [3.8, 4) is 0 Å². The molecule has 1 heterocycles. The lowest BCUT2D eigenvalue weighted by molar-refractivity contribution is -0.120. The molecule has 0 bridgehead atoms. The molecule has 0 radical (unpaired) electrons. The van der Waals surface area contributed by atoms with Crippen LogP contribution in [0.25, 0.3) is 11.1 Å². The molecule has 106 valence electrons. The molecule has 3 aromatic rings. The summed E-state index contributed by atoms with van der Waals surface area (Å²) in [7, 11) is 0. The molecule has 0 aliphatic carbocycles. The number of hydrogen-bond acceptors (Lipinski definition) is 3. The maximum Gasteiger partial charge on any atom is 0.224 e. The molecule has 5 heteroatoms. The van der Waals surface area contributed by atoms with E-state index >= 15 is 0 Å². The number of amides is 1. The molecule has 1 amide bonds. The topological polar surface area (TPSA) is 55.1 Å². The summed E-state index contributed by atoms with van der Waals surface area (Å²) in [6.07, 6.45) is 1.58. The SMILES string of the molecule is O=C(Cc1ccc2ncoc2c1)NCc1ccccc1F. The zero-order chi connectivity index (χ0) is 14.7. The van der Waals surface area contributed by atoms with Gasteiger partial charge in [0.05, 0.1) is 6.42 Å². The van der Waals surface area contributed by atoms with Gasteiger partial charge in [0.1, 0.15) is 11.3 Å². The van der Waals surface area contributed by atoms with Gasteiger partial charge in [-0.05, 0) is 23.8 Å². The van der Waals surface area contributed by atoms with Crippen LogP contribution in [0.3, 0.4) is 0 Å². The van der Waals surface area contributed by atoms with Gasteiger partial charge in [0.25, 0.3) is 0 Å². The third kappa shape index (κ3) is 3.08. The van der Waals surface area contributed by atoms with Crippen LogP contribution in [0.1, 0.15) is 11.1 Å². The zero-order valence-corrected chi connectivity index (χ0v) is 11.2. The van der Waals surface area contributed by atoms with Gasteiger partial charge in [-0.15, -0.1) is 0 Å². The highest BCUT2D eigenvalue weighted by Crippen LogP contribution is 2.14. The molecule has 3 rings (SSSR count). The Labute approximate surface area is 120 Å². The van der Waals surface area contributed by atoms with E-state index < -0.39 is 0 Å². The minimum atomic E-state index is -0.319. The highest BCUT2D eigenvalue weighted by molar-refractivity contribution is 5.80. The number of aromatic nitrogens is 1. The van der Waals surface area contributed by atoms with Gasteiger partial charge in [-0.25, -0.2) is 9.37 Å². The van der Waals surface area contributed by atoms with E-state index in [1.54, 1.807) is 30.3 Å². The standard InChI is InChI=1S/C16H13FN2O2/c17-13-4-2-1-3-12(13)9-18-16(20)8-11-5-6-14-15(7-11)21-10-19-14/h1-7,10H,8-9H2,(H,18,20). The van der Waals surface area contributed by atoms with Gasteiger partial charge in [0.15, 0.2) is 12.0 Å². The maximum atomic E-state index is 13.4. The molecule has 2 aromatic carbocycles. The first-order valence-electron chi connectivity index (χ1n) is 6.54. The second-order valence-electron chi connectivity index (χ2n) is 4.70. The molecule has 1 N–H and O–H groups in total. The van der Waals surface area contributed by atoms with Crippen molar-refractivity contribution < 1.29 is 13.6 Å². The van der Waals surface area contributed by atoms with Crippen molar-refractivity contribution in [1.82, 2.24) is 10.3 Å². The van der Waals surface area contributed by atoms with E-state index in [2.05, 4.69) is 10.3 Å². The van der Waals surface area contributed by atoms with Gasteiger partial charge in [0.2, 0.25) is 5.91 Å². The Balaban J connectivity index is 1.62. The monoisotopic (exact) mass is 284 g/mol. The number of benzene rings is 2. The largest absolute Gasteiger partial charge is 0.443 e. The van der Waals surface area contributed by atoms with Crippen LogP contribution in [0, 0.1) is 5.82 Å². The van der Waals surface area contributed by atoms with Crippen LogP contribution in [0.2, 0.25) is 0 Å². The number of rotatable bonds is 4. The van der Waals surface area contributed by atoms with E-state index in [9.17, 15) is 9.18 Å². The number of fused-ring (bicyclic) bond motifs is 1. The maximum absolute atomic E-state index is 13.4. The molecule has 0 saturated carbocycles. The van der Waals surface area contributed by atoms with Crippen molar-refractivity contribution in [1.29, 1.82) is 0 Å². The number of carbonyl (C=O) groups excluding carboxylic acids is 1. The fourth-order valence-corrected chi connectivity index (χ4v) is 2.09. The lowest BCUT2D eigenvalue weighted by atomic mass is 10.1. The molecule has 0 fully saturated rings. The van der Waals surface area contributed by atoms with Crippen molar-refractivity contribution >= 4 is 17.0 Å². The van der Waals surface area contributed by atoms with Gasteiger partial charge in [0, 0.05) is 12.1 Å². The summed E-state index contributed by atoms with van der Waals surface area (Å²) in [5, 5.41) is 2.70. The second-order valence-corrected chi connectivity index (χ2v) is 4.70. The Morgan fingerprint density at radius 3 is 2.95 bits per heavy atom. The van der Waals surface area contributed by atoms with Crippen molar-refractivity contribution in [2.45, 2.75) is 13.0 Å². The van der Waals surface area contributed by atoms with Crippen LogP contribution in [-0.4, -0.2) is 10.9 Å². The van der Waals surface area contributed by atoms with Crippen LogP contribution in [-0.2, 0) is 17.8 Å². The van der Waals surface area contributed by atoms with E-state index in [-0.39, 0.29) is 24.7 Å². The van der Waals surface area contributed by atoms with Gasteiger partial charge < -0.3 is 9.73 Å². The number of hydrogen-bond donors (Lipinski definition) is 1. The third-order valence-corrected chi connectivity index (χ3v) is 3.19. The molecular weight excluding hydrogens is 271 g/mol. The van der Waals surface area contributed by atoms with Crippen LogP contribution in [0.15, 0.2) is 53.3 Å². The molecule has 0 saturated heterocycles. The van der Waals surface area contributed by atoms with Crippen molar-refractivity contribution in [2.75, 3.05) is 0 Å². The number of halogens is 1. The summed E-state index contributed by atoms with van der Waals surface area (Å²) in [6.45, 7) is 0.177. The summed E-state index contributed by atoms with van der Waals surface area (Å²) in [6, 6.07) is 11.8. The fourth-order valence-electron chi connectivity index (χ4n) is 2.09. The van der Waals surface area contributed by atoms with E-state index in [0.29, 0.717) is 11.1 Å². The van der Waals surface area contributed by atoms with Gasteiger partial charge in [-0.3, -0.25) is 4.79 Å². The number of oxazole rings is 1. The van der Waals surface area contributed by atoms with Crippen molar-refractivity contribution in [2.24, 2.45) is 0 Å². The van der Waals surface area contributed by atoms with Crippen LogP contribution >= 0.6 is 0 Å². The minimum absolute atomic E-state index is 0.169. The zero-order valence-electron chi connectivity index (χ0n) is 11.2. The first-order valence-corrected chi connectivity index (χ1v) is 6.54. The van der Waals surface area contributed by atoms with Gasteiger partial charge in [-0.2, -0.15) is 0 Å². The predicted octanol–water partition coefficient (Wildman–Crippen LogP) is 2.83. The highest BCUT2D eigenvalue weighted by atomic mass is 19.1. The molecule has 0 aliphatic heterocycles. The van der Waals surface area contributed by atoms with Crippen molar-refractivity contribution in [3.05, 3.63) is 65.8 Å². The summed E-state index contributed by atoms with van der Waals surface area (Å²) in [5.41, 5.74) is 2.70. The van der Waals surface area contributed by atoms with Gasteiger partial charge >= 0.3 is 0 Å². The van der Waals surface area contributed by atoms with Crippen LogP contribution < -0.4 is 5.32 Å². The van der Waals surface area contributed by atoms with E-state index in [1.807, 2.05) is 6.07 Å². The Kier molecular flexibility index (Phi) is 3.64. The fraction of sp³-hybridized carbons (Fsp3) is 0.125. The molecule has 0 atom stereocenters. The quantitative estimate of drug-likeness (QED) is 0.801. The van der Waals surface area contributed by atoms with Crippen LogP contribution in [0.4, 0.5) is 4.39 Å². The highest BCUT2D eigenvalue weighted by Gasteiger charge is 2.07. The normalized spacial score (nSPS) is 10.7. The number of carbonyl (C=O) groups is 1. The summed E-state index contributed by atoms with van der Waals surface area (Å²) in [5.74, 6) is -0.488. The molecule has 0 aliphatic rings. The van der Waals surface area contributed by atoms with Crippen LogP contribution in [0.5, 0.6) is 0 Å². The molecular formula is C16H13FN2O2. The van der Waals surface area contributed by atoms with E-state index in [4.69, 9.17) is 4.42 Å². The Bertz CT molecular complexity index is 783. The first kappa shape index (κ1) is 13.3. The smallest absolute Gasteiger partial charge is 0.224 e. The van der Waals surface area contributed by atoms with E-state index in [0.717, 1.165) is 11.1 Å². The molecule has 0 unspecified atom stereocenters. The lowest BCUT2D eigenvalue weighted by Gasteiger charge is -2.06. The predicted molar refractivity (Wildman–Crippen MR) is 76.0 cm³/mol. The molecule has 4 nitrogen and oxygen atoms in total. The van der Waals surface area contributed by atoms with Gasteiger partial charge in [-0.1, -0.05) is 24.3 Å². The Morgan fingerprint density at radius 2 is 2.10 bits per heavy atom. The average molecular weight is 284 g/mol. The van der Waals surface area contributed by atoms with Crippen molar-refractivity contribution in [3.63, 3.8) is 0 Å². The summed E-state index contributed by atoms with van der Waals surface area (Å²) < 4.78 is 18.6. The molecule has 21 heavy (non-hydrogen) atoms. The molecule has 1 aromatic heterocycles. The first-order chi connectivity index (χ1) is 10.2. The average Bonchev–Trinajstić information content (AvgIpc) is 2.94. The minimum Gasteiger partial charge on any atom is -0.443 e. The lowest BCUT2D eigenvalue weighted by Crippen LogP contribution is -2.24.